The fourth-order valence-electron chi connectivity index (χ4n) is 4.85. The first-order valence-electron chi connectivity index (χ1n) is 13.7. The molecule has 42 heavy (non-hydrogen) atoms. The van der Waals surface area contributed by atoms with E-state index in [2.05, 4.69) is 17.2 Å². The molecule has 14 heteroatoms. The quantitative estimate of drug-likeness (QED) is 0.211. The van der Waals surface area contributed by atoms with Crippen LogP contribution in [0.25, 0.3) is 0 Å². The SMILES string of the molecule is CCCCCc1ccc(NC(=O)C2=C[C@H](O)[C@H](O)[C@@H](O[C@H](C(N)=O)[C@H]3O[C@@H](n4ccc(=O)[nH]c4=O)C[C@@H]3OC)O2)cc1. The molecule has 2 amide bonds. The zero-order valence-corrected chi connectivity index (χ0v) is 23.3. The highest BCUT2D eigenvalue weighted by Gasteiger charge is 2.47. The minimum Gasteiger partial charge on any atom is -0.456 e. The first kappa shape index (κ1) is 31.1. The number of carbonyl (C=O) groups excluding carboxylic acids is 2. The van der Waals surface area contributed by atoms with E-state index in [0.717, 1.165) is 48.0 Å². The number of hydrogen-bond donors (Lipinski definition) is 5. The molecule has 6 N–H and O–H groups in total. The summed E-state index contributed by atoms with van der Waals surface area (Å²) < 4.78 is 23.7. The van der Waals surface area contributed by atoms with Gasteiger partial charge in [0.2, 0.25) is 12.2 Å². The number of aromatic amines is 1. The van der Waals surface area contributed by atoms with Crippen molar-refractivity contribution in [3.63, 3.8) is 0 Å². The Kier molecular flexibility index (Phi) is 10.3. The summed E-state index contributed by atoms with van der Waals surface area (Å²) in [7, 11) is 1.36. The Morgan fingerprint density at radius 1 is 1.19 bits per heavy atom. The third-order valence-corrected chi connectivity index (χ3v) is 7.14. The Hall–Kier alpha value is -3.82. The molecule has 2 aliphatic heterocycles. The summed E-state index contributed by atoms with van der Waals surface area (Å²) in [6.07, 6.45) is -2.88. The van der Waals surface area contributed by atoms with Gasteiger partial charge < -0.3 is 40.2 Å². The van der Waals surface area contributed by atoms with Gasteiger partial charge in [0.05, 0.1) is 6.10 Å². The van der Waals surface area contributed by atoms with E-state index in [1.807, 2.05) is 12.1 Å². The number of nitrogens with two attached hydrogens (primary N) is 1. The van der Waals surface area contributed by atoms with Gasteiger partial charge in [0.25, 0.3) is 11.5 Å². The van der Waals surface area contributed by atoms with Crippen molar-refractivity contribution in [3.8, 4) is 0 Å². The molecule has 1 aromatic carbocycles. The lowest BCUT2D eigenvalue weighted by Crippen LogP contribution is -2.53. The van der Waals surface area contributed by atoms with Gasteiger partial charge in [-0.3, -0.25) is 23.9 Å². The van der Waals surface area contributed by atoms with Gasteiger partial charge in [-0.15, -0.1) is 0 Å². The minimum atomic E-state index is -1.69. The van der Waals surface area contributed by atoms with Crippen molar-refractivity contribution in [2.75, 3.05) is 12.4 Å². The van der Waals surface area contributed by atoms with E-state index >= 15 is 0 Å². The van der Waals surface area contributed by atoms with Crippen LogP contribution >= 0.6 is 0 Å². The molecule has 2 aromatic rings. The van der Waals surface area contributed by atoms with Crippen LogP contribution in [-0.4, -0.2) is 75.5 Å². The van der Waals surface area contributed by atoms with E-state index < -0.39 is 66.1 Å². The van der Waals surface area contributed by atoms with Gasteiger partial charge in [-0.1, -0.05) is 31.9 Å². The summed E-state index contributed by atoms with van der Waals surface area (Å²) in [6, 6.07) is 8.45. The Morgan fingerprint density at radius 3 is 2.57 bits per heavy atom. The van der Waals surface area contributed by atoms with Crippen molar-refractivity contribution in [2.45, 2.75) is 82.1 Å². The fourth-order valence-corrected chi connectivity index (χ4v) is 4.85. The van der Waals surface area contributed by atoms with Crippen LogP contribution in [0.2, 0.25) is 0 Å². The number of carbonyl (C=O) groups is 2. The molecule has 0 aliphatic carbocycles. The molecule has 0 radical (unpaired) electrons. The lowest BCUT2D eigenvalue weighted by atomic mass is 10.1. The highest BCUT2D eigenvalue weighted by Crippen LogP contribution is 2.33. The van der Waals surface area contributed by atoms with Crippen molar-refractivity contribution < 1.29 is 38.7 Å². The maximum atomic E-state index is 12.9. The average molecular weight is 589 g/mol. The number of ether oxygens (including phenoxy) is 4. The molecule has 14 nitrogen and oxygen atoms in total. The van der Waals surface area contributed by atoms with Crippen molar-refractivity contribution in [3.05, 3.63) is 74.8 Å². The number of amides is 2. The number of rotatable bonds is 12. The number of aryl methyl sites for hydroxylation is 1. The molecule has 3 heterocycles. The molecule has 2 aliphatic rings. The zero-order valence-electron chi connectivity index (χ0n) is 23.3. The lowest BCUT2D eigenvalue weighted by molar-refractivity contribution is -0.241. The topological polar surface area (TPSA) is 204 Å². The maximum absolute atomic E-state index is 12.9. The molecule has 1 fully saturated rings. The summed E-state index contributed by atoms with van der Waals surface area (Å²) in [5.41, 5.74) is 5.89. The summed E-state index contributed by atoms with van der Waals surface area (Å²) in [5.74, 6) is -2.07. The highest BCUT2D eigenvalue weighted by molar-refractivity contribution is 6.02. The number of H-pyrrole nitrogens is 1. The van der Waals surface area contributed by atoms with Crippen molar-refractivity contribution in [1.29, 1.82) is 0 Å². The first-order chi connectivity index (χ1) is 20.1. The van der Waals surface area contributed by atoms with E-state index in [-0.39, 0.29) is 12.2 Å². The van der Waals surface area contributed by atoms with Crippen molar-refractivity contribution in [1.82, 2.24) is 9.55 Å². The minimum absolute atomic E-state index is 0.0852. The number of nitrogens with zero attached hydrogens (tertiary/aromatic N) is 1. The number of aliphatic hydroxyl groups excluding tert-OH is 2. The molecule has 1 aromatic heterocycles. The third kappa shape index (κ3) is 7.33. The second kappa shape index (κ2) is 13.9. The van der Waals surface area contributed by atoms with Crippen LogP contribution in [0, 0.1) is 0 Å². The second-order valence-electron chi connectivity index (χ2n) is 10.1. The molecule has 0 saturated carbocycles. The molecule has 228 valence electrons. The summed E-state index contributed by atoms with van der Waals surface area (Å²) in [6.45, 7) is 2.13. The standard InChI is InChI=1S/C28H36N4O10/c1-3-4-5-6-15-7-9-16(10-8-15)30-26(37)19-13-17(33)22(35)27(40-19)42-24(25(29)36)23-18(39-2)14-21(41-23)32-12-11-20(34)31-28(32)38/h7-13,17-18,21-24,27,33,35H,3-6,14H2,1-2H3,(H2,29,36)(H,30,37)(H,31,34,38)/t17-,18-,21+,22-,23-,24-,27+/m0/s1. The van der Waals surface area contributed by atoms with Crippen molar-refractivity contribution >= 4 is 17.5 Å². The number of anilines is 1. The van der Waals surface area contributed by atoms with Crippen LogP contribution in [0.15, 0.2) is 58.0 Å². The van der Waals surface area contributed by atoms with Gasteiger partial charge in [0.1, 0.15) is 24.5 Å². The summed E-state index contributed by atoms with van der Waals surface area (Å²) in [4.78, 5) is 51.3. The number of hydrogen-bond acceptors (Lipinski definition) is 10. The fraction of sp³-hybridized carbons (Fsp3) is 0.500. The molecular formula is C28H36N4O10. The van der Waals surface area contributed by atoms with E-state index in [1.165, 1.54) is 13.3 Å². The number of benzene rings is 1. The van der Waals surface area contributed by atoms with Gasteiger partial charge >= 0.3 is 5.69 Å². The largest absolute Gasteiger partial charge is 0.456 e. The van der Waals surface area contributed by atoms with Crippen LogP contribution in [0.3, 0.4) is 0 Å². The Morgan fingerprint density at radius 2 is 1.93 bits per heavy atom. The third-order valence-electron chi connectivity index (χ3n) is 7.14. The Bertz CT molecular complexity index is 1390. The monoisotopic (exact) mass is 588 g/mol. The number of primary amides is 1. The zero-order chi connectivity index (χ0) is 30.4. The average Bonchev–Trinajstić information content (AvgIpc) is 3.38. The van der Waals surface area contributed by atoms with Crippen LogP contribution in [0.5, 0.6) is 0 Å². The number of unbranched alkanes of at least 4 members (excludes halogenated alkanes) is 2. The van der Waals surface area contributed by atoms with Gasteiger partial charge in [-0.25, -0.2) is 4.79 Å². The molecule has 0 spiro atoms. The number of aromatic nitrogens is 2. The molecule has 0 unspecified atom stereocenters. The number of aliphatic hydroxyl groups is 2. The van der Waals surface area contributed by atoms with Crippen LogP contribution in [0.4, 0.5) is 5.69 Å². The lowest BCUT2D eigenvalue weighted by Gasteiger charge is -2.35. The Labute approximate surface area is 241 Å². The molecular weight excluding hydrogens is 552 g/mol. The first-order valence-corrected chi connectivity index (χ1v) is 13.7. The maximum Gasteiger partial charge on any atom is 0.330 e. The predicted octanol–water partition coefficient (Wildman–Crippen LogP) is 0.0430. The predicted molar refractivity (Wildman–Crippen MR) is 148 cm³/mol. The van der Waals surface area contributed by atoms with Crippen LogP contribution < -0.4 is 22.3 Å². The summed E-state index contributed by atoms with van der Waals surface area (Å²) in [5, 5.41) is 23.6. The van der Waals surface area contributed by atoms with E-state index in [4.69, 9.17) is 24.7 Å². The van der Waals surface area contributed by atoms with Crippen LogP contribution in [-0.2, 0) is 35.0 Å². The van der Waals surface area contributed by atoms with Gasteiger partial charge in [-0.2, -0.15) is 0 Å². The van der Waals surface area contributed by atoms with E-state index in [1.54, 1.807) is 12.1 Å². The highest BCUT2D eigenvalue weighted by atomic mass is 16.7. The van der Waals surface area contributed by atoms with E-state index in [9.17, 15) is 29.4 Å². The number of methoxy groups -OCH3 is 1. The smallest absolute Gasteiger partial charge is 0.330 e. The van der Waals surface area contributed by atoms with Crippen LogP contribution in [0.1, 0.15) is 44.4 Å². The van der Waals surface area contributed by atoms with E-state index in [0.29, 0.717) is 5.69 Å². The van der Waals surface area contributed by atoms with Gasteiger partial charge in [-0.05, 0) is 36.6 Å². The molecule has 1 saturated heterocycles. The Balaban J connectivity index is 1.45. The number of nitrogens with one attached hydrogen (secondary N) is 2. The molecule has 4 rings (SSSR count). The second-order valence-corrected chi connectivity index (χ2v) is 10.1. The van der Waals surface area contributed by atoms with Gasteiger partial charge in [0, 0.05) is 31.5 Å². The normalized spacial score (nSPS) is 26.2. The van der Waals surface area contributed by atoms with Gasteiger partial charge in [0.15, 0.2) is 11.9 Å². The van der Waals surface area contributed by atoms with Crippen molar-refractivity contribution in [2.24, 2.45) is 5.73 Å². The summed E-state index contributed by atoms with van der Waals surface area (Å²) >= 11 is 0. The molecule has 7 atom stereocenters. The molecule has 0 bridgehead atoms.